The molecule has 1 aliphatic rings. The summed E-state index contributed by atoms with van der Waals surface area (Å²) >= 11 is 6.02. The maximum absolute atomic E-state index is 6.02. The van der Waals surface area contributed by atoms with Crippen LogP contribution in [0.4, 0.5) is 0 Å². The number of hydrogen-bond donors (Lipinski definition) is 1. The van der Waals surface area contributed by atoms with Crippen LogP contribution >= 0.6 is 11.6 Å². The van der Waals surface area contributed by atoms with Gasteiger partial charge in [0.1, 0.15) is 0 Å². The second-order valence-corrected chi connectivity index (χ2v) is 3.88. The van der Waals surface area contributed by atoms with E-state index < -0.39 is 0 Å². The van der Waals surface area contributed by atoms with Gasteiger partial charge in [0.25, 0.3) is 0 Å². The van der Waals surface area contributed by atoms with Gasteiger partial charge in [0.15, 0.2) is 0 Å². The molecule has 1 aliphatic heterocycles. The standard InChI is InChI=1S/C11H13ClN/c12-11-8-4-7-10(13-11)9-5-2-1-3-6-9/h1-6,10-11,13H,7-8H2. The zero-order valence-corrected chi connectivity index (χ0v) is 8.17. The second-order valence-electron chi connectivity index (χ2n) is 3.36. The molecule has 1 aromatic rings. The molecule has 0 spiro atoms. The predicted molar refractivity (Wildman–Crippen MR) is 55.5 cm³/mol. The molecule has 2 unspecified atom stereocenters. The molecule has 1 fully saturated rings. The van der Waals surface area contributed by atoms with Gasteiger partial charge in [-0.15, -0.1) is 11.6 Å². The molecule has 2 atom stereocenters. The van der Waals surface area contributed by atoms with E-state index in [9.17, 15) is 0 Å². The number of rotatable bonds is 1. The minimum Gasteiger partial charge on any atom is -0.294 e. The fourth-order valence-electron chi connectivity index (χ4n) is 1.68. The van der Waals surface area contributed by atoms with Gasteiger partial charge in [-0.05, 0) is 24.8 Å². The molecule has 0 saturated carbocycles. The van der Waals surface area contributed by atoms with Crippen molar-refractivity contribution in [3.63, 3.8) is 0 Å². The molecule has 13 heavy (non-hydrogen) atoms. The Kier molecular flexibility index (Phi) is 2.87. The maximum atomic E-state index is 6.02. The highest BCUT2D eigenvalue weighted by Crippen LogP contribution is 2.25. The highest BCUT2D eigenvalue weighted by molar-refractivity contribution is 6.20. The smallest absolute Gasteiger partial charge is 0.0832 e. The topological polar surface area (TPSA) is 12.0 Å². The van der Waals surface area contributed by atoms with E-state index in [-0.39, 0.29) is 5.50 Å². The van der Waals surface area contributed by atoms with E-state index in [0.717, 1.165) is 12.8 Å². The molecule has 0 bridgehead atoms. The molecule has 1 nitrogen and oxygen atoms in total. The van der Waals surface area contributed by atoms with Crippen LogP contribution in [0, 0.1) is 6.42 Å². The second kappa shape index (κ2) is 4.12. The summed E-state index contributed by atoms with van der Waals surface area (Å²) in [4.78, 5) is 0. The molecule has 1 radical (unpaired) electrons. The van der Waals surface area contributed by atoms with Gasteiger partial charge < -0.3 is 0 Å². The first kappa shape index (κ1) is 9.04. The summed E-state index contributed by atoms with van der Waals surface area (Å²) < 4.78 is 0. The summed E-state index contributed by atoms with van der Waals surface area (Å²) in [6.07, 6.45) is 4.30. The first-order chi connectivity index (χ1) is 6.36. The number of benzene rings is 1. The third kappa shape index (κ3) is 2.23. The minimum absolute atomic E-state index is 0.0963. The predicted octanol–water partition coefficient (Wildman–Crippen LogP) is 2.88. The molecular formula is C11H13ClN. The van der Waals surface area contributed by atoms with E-state index in [0.29, 0.717) is 6.04 Å². The fourth-order valence-corrected chi connectivity index (χ4v) is 1.96. The van der Waals surface area contributed by atoms with Gasteiger partial charge in [0.05, 0.1) is 5.50 Å². The van der Waals surface area contributed by atoms with Crippen LogP contribution in [0.5, 0.6) is 0 Å². The molecule has 2 heteroatoms. The van der Waals surface area contributed by atoms with Crippen LogP contribution in [0.2, 0.25) is 0 Å². The normalized spacial score (nSPS) is 28.7. The Morgan fingerprint density at radius 3 is 2.62 bits per heavy atom. The molecule has 1 saturated heterocycles. The van der Waals surface area contributed by atoms with Gasteiger partial charge in [0, 0.05) is 6.04 Å². The number of piperidine rings is 1. The first-order valence-electron chi connectivity index (χ1n) is 4.63. The Labute approximate surface area is 84.1 Å². The molecule has 0 aromatic heterocycles. The molecule has 1 aromatic carbocycles. The number of halogens is 1. The molecular weight excluding hydrogens is 182 g/mol. The SMILES string of the molecule is ClC1C[CH]CC(c2ccccc2)N1. The van der Waals surface area contributed by atoms with Gasteiger partial charge in [-0.25, -0.2) is 0 Å². The van der Waals surface area contributed by atoms with Crippen LogP contribution in [0.15, 0.2) is 30.3 Å². The largest absolute Gasteiger partial charge is 0.294 e. The monoisotopic (exact) mass is 194 g/mol. The Bertz CT molecular complexity index is 260. The fraction of sp³-hybridized carbons (Fsp3) is 0.364. The zero-order valence-electron chi connectivity index (χ0n) is 7.41. The van der Waals surface area contributed by atoms with Crippen molar-refractivity contribution in [2.45, 2.75) is 24.4 Å². The number of hydrogen-bond acceptors (Lipinski definition) is 1. The zero-order chi connectivity index (χ0) is 9.10. The van der Waals surface area contributed by atoms with Crippen molar-refractivity contribution in [2.24, 2.45) is 0 Å². The van der Waals surface area contributed by atoms with E-state index in [4.69, 9.17) is 11.6 Å². The lowest BCUT2D eigenvalue weighted by Gasteiger charge is -2.27. The highest BCUT2D eigenvalue weighted by Gasteiger charge is 2.19. The van der Waals surface area contributed by atoms with Crippen molar-refractivity contribution in [3.8, 4) is 0 Å². The van der Waals surface area contributed by atoms with E-state index in [1.165, 1.54) is 5.56 Å². The summed E-state index contributed by atoms with van der Waals surface area (Å²) in [7, 11) is 0. The highest BCUT2D eigenvalue weighted by atomic mass is 35.5. The van der Waals surface area contributed by atoms with Gasteiger partial charge in [-0.3, -0.25) is 5.32 Å². The molecule has 1 N–H and O–H groups in total. The van der Waals surface area contributed by atoms with Gasteiger partial charge in [-0.2, -0.15) is 0 Å². The van der Waals surface area contributed by atoms with Crippen molar-refractivity contribution in [1.29, 1.82) is 0 Å². The van der Waals surface area contributed by atoms with E-state index in [1.807, 2.05) is 6.07 Å². The maximum Gasteiger partial charge on any atom is 0.0832 e. The minimum atomic E-state index is 0.0963. The van der Waals surface area contributed by atoms with Crippen molar-refractivity contribution in [2.75, 3.05) is 0 Å². The van der Waals surface area contributed by atoms with Crippen LogP contribution in [0.3, 0.4) is 0 Å². The Hall–Kier alpha value is -0.530. The van der Waals surface area contributed by atoms with Crippen molar-refractivity contribution < 1.29 is 0 Å². The lowest BCUT2D eigenvalue weighted by Crippen LogP contribution is -2.33. The summed E-state index contributed by atoms with van der Waals surface area (Å²) in [5, 5.41) is 3.37. The van der Waals surface area contributed by atoms with Crippen LogP contribution in [0.1, 0.15) is 24.4 Å². The summed E-state index contributed by atoms with van der Waals surface area (Å²) in [6.45, 7) is 0. The van der Waals surface area contributed by atoms with Crippen molar-refractivity contribution >= 4 is 11.6 Å². The van der Waals surface area contributed by atoms with Crippen molar-refractivity contribution in [3.05, 3.63) is 42.3 Å². The number of nitrogens with one attached hydrogen (secondary N) is 1. The first-order valence-corrected chi connectivity index (χ1v) is 5.06. The molecule has 2 rings (SSSR count). The molecule has 0 aliphatic carbocycles. The van der Waals surface area contributed by atoms with E-state index >= 15 is 0 Å². The average Bonchev–Trinajstić information content (AvgIpc) is 2.19. The Balaban J connectivity index is 2.08. The molecule has 1 heterocycles. The summed E-state index contributed by atoms with van der Waals surface area (Å²) in [5.41, 5.74) is 1.42. The lowest BCUT2D eigenvalue weighted by atomic mass is 9.98. The van der Waals surface area contributed by atoms with Gasteiger partial charge in [0.2, 0.25) is 0 Å². The third-order valence-corrected chi connectivity index (χ3v) is 2.66. The Morgan fingerprint density at radius 1 is 1.15 bits per heavy atom. The Morgan fingerprint density at radius 2 is 1.92 bits per heavy atom. The van der Waals surface area contributed by atoms with Gasteiger partial charge >= 0.3 is 0 Å². The lowest BCUT2D eigenvalue weighted by molar-refractivity contribution is 0.446. The van der Waals surface area contributed by atoms with Crippen molar-refractivity contribution in [1.82, 2.24) is 5.32 Å². The third-order valence-electron chi connectivity index (χ3n) is 2.36. The van der Waals surface area contributed by atoms with Gasteiger partial charge in [-0.1, -0.05) is 30.3 Å². The van der Waals surface area contributed by atoms with E-state index in [1.54, 1.807) is 0 Å². The molecule has 69 valence electrons. The number of alkyl halides is 1. The van der Waals surface area contributed by atoms with E-state index in [2.05, 4.69) is 36.0 Å². The van der Waals surface area contributed by atoms with Crippen LogP contribution in [0.25, 0.3) is 0 Å². The van der Waals surface area contributed by atoms with Crippen LogP contribution in [-0.2, 0) is 0 Å². The van der Waals surface area contributed by atoms with Crippen LogP contribution in [-0.4, -0.2) is 5.50 Å². The summed E-state index contributed by atoms with van der Waals surface area (Å²) in [5.74, 6) is 0. The average molecular weight is 195 g/mol. The van der Waals surface area contributed by atoms with Crippen LogP contribution < -0.4 is 5.32 Å². The quantitative estimate of drug-likeness (QED) is 0.536. The molecule has 0 amide bonds. The summed E-state index contributed by atoms with van der Waals surface area (Å²) in [6, 6.07) is 10.8.